The predicted molar refractivity (Wildman–Crippen MR) is 147 cm³/mol. The van der Waals surface area contributed by atoms with Crippen LogP contribution in [0.2, 0.25) is 0 Å². The van der Waals surface area contributed by atoms with Crippen molar-refractivity contribution in [2.24, 2.45) is 0 Å². The Kier molecular flexibility index (Phi) is 10.1. The number of nitrogens with one attached hydrogen (secondary N) is 2. The first-order valence-corrected chi connectivity index (χ1v) is 14.1. The average Bonchev–Trinajstić information content (AvgIpc) is 2.84. The van der Waals surface area contributed by atoms with Gasteiger partial charge < -0.3 is 14.8 Å². The van der Waals surface area contributed by atoms with Gasteiger partial charge in [0.05, 0.1) is 18.1 Å². The molecule has 200 valence electrons. The molecular weight excluding hydrogens is 488 g/mol. The molecule has 2 N–H and O–H groups in total. The standard InChI is InChI=1S/C29H38N2O5S/c1-22-16-17-27(26-15-9-8-14-25(22)26)37(33,34)31-24(13-10-19-30-28(32)36-29(2,3)4)21-35-20-18-23-11-6-5-7-12-23/h5-9,11-12,14-17,24,31H,10,13,18-21H2,1-4H3,(H,30,32)/t24-/m0/s1. The van der Waals surface area contributed by atoms with Gasteiger partial charge >= 0.3 is 6.09 Å². The van der Waals surface area contributed by atoms with Gasteiger partial charge in [-0.1, -0.05) is 60.7 Å². The van der Waals surface area contributed by atoms with Crippen molar-refractivity contribution in [3.05, 3.63) is 77.9 Å². The largest absolute Gasteiger partial charge is 0.444 e. The Morgan fingerprint density at radius 1 is 0.946 bits per heavy atom. The van der Waals surface area contributed by atoms with Crippen molar-refractivity contribution in [3.63, 3.8) is 0 Å². The molecule has 8 heteroatoms. The second-order valence-electron chi connectivity index (χ2n) is 10.1. The second-order valence-corrected chi connectivity index (χ2v) is 11.8. The number of benzene rings is 3. The normalized spacial score (nSPS) is 12.9. The van der Waals surface area contributed by atoms with Crippen LogP contribution in [-0.2, 0) is 25.9 Å². The van der Waals surface area contributed by atoms with Crippen molar-refractivity contribution in [1.82, 2.24) is 10.0 Å². The van der Waals surface area contributed by atoms with Gasteiger partial charge in [-0.3, -0.25) is 0 Å². The van der Waals surface area contributed by atoms with Crippen molar-refractivity contribution in [2.45, 2.75) is 63.5 Å². The number of sulfonamides is 1. The average molecular weight is 527 g/mol. The number of amides is 1. The minimum atomic E-state index is -3.81. The second kappa shape index (κ2) is 13.0. The Balaban J connectivity index is 1.66. The summed E-state index contributed by atoms with van der Waals surface area (Å²) < 4.78 is 40.9. The maximum absolute atomic E-state index is 13.5. The highest BCUT2D eigenvalue weighted by molar-refractivity contribution is 7.89. The van der Waals surface area contributed by atoms with E-state index in [4.69, 9.17) is 9.47 Å². The number of rotatable bonds is 12. The zero-order chi connectivity index (χ0) is 26.9. The highest BCUT2D eigenvalue weighted by Crippen LogP contribution is 2.26. The van der Waals surface area contributed by atoms with E-state index in [2.05, 4.69) is 10.0 Å². The van der Waals surface area contributed by atoms with Crippen molar-refractivity contribution in [3.8, 4) is 0 Å². The highest BCUT2D eigenvalue weighted by Gasteiger charge is 2.23. The summed E-state index contributed by atoms with van der Waals surface area (Å²) in [7, 11) is -3.81. The molecule has 37 heavy (non-hydrogen) atoms. The van der Waals surface area contributed by atoms with Gasteiger partial charge in [-0.2, -0.15) is 0 Å². The lowest BCUT2D eigenvalue weighted by Gasteiger charge is -2.21. The fourth-order valence-corrected chi connectivity index (χ4v) is 5.50. The third-order valence-corrected chi connectivity index (χ3v) is 7.39. The highest BCUT2D eigenvalue weighted by atomic mass is 32.2. The van der Waals surface area contributed by atoms with E-state index in [0.29, 0.717) is 31.4 Å². The summed E-state index contributed by atoms with van der Waals surface area (Å²) in [5, 5.41) is 4.32. The molecule has 3 aromatic rings. The number of hydrogen-bond acceptors (Lipinski definition) is 5. The number of carbonyl (C=O) groups excluding carboxylic acids is 1. The molecule has 0 radical (unpaired) electrons. The van der Waals surface area contributed by atoms with Crippen LogP contribution in [0.25, 0.3) is 10.8 Å². The molecule has 0 heterocycles. The van der Waals surface area contributed by atoms with E-state index in [0.717, 1.165) is 22.9 Å². The first-order valence-electron chi connectivity index (χ1n) is 12.6. The summed E-state index contributed by atoms with van der Waals surface area (Å²) in [6.07, 6.45) is 1.30. The van der Waals surface area contributed by atoms with Crippen LogP contribution in [0.3, 0.4) is 0 Å². The molecule has 0 saturated carbocycles. The lowest BCUT2D eigenvalue weighted by atomic mass is 10.1. The van der Waals surface area contributed by atoms with Gasteiger partial charge in [-0.05, 0) is 69.5 Å². The SMILES string of the molecule is Cc1ccc(S(=O)(=O)N[C@@H](CCCNC(=O)OC(C)(C)C)COCCc2ccccc2)c2ccccc12. The summed E-state index contributed by atoms with van der Waals surface area (Å²) in [6, 6.07) is 20.5. The van der Waals surface area contributed by atoms with Gasteiger partial charge in [-0.25, -0.2) is 17.9 Å². The molecule has 0 fully saturated rings. The van der Waals surface area contributed by atoms with Gasteiger partial charge in [0.15, 0.2) is 0 Å². The number of ether oxygens (including phenoxy) is 2. The Hall–Kier alpha value is -2.94. The molecule has 1 amide bonds. The number of fused-ring (bicyclic) bond motifs is 1. The molecule has 7 nitrogen and oxygen atoms in total. The molecule has 0 aliphatic carbocycles. The Morgan fingerprint density at radius 3 is 2.32 bits per heavy atom. The van der Waals surface area contributed by atoms with Gasteiger partial charge in [0.1, 0.15) is 5.60 Å². The lowest BCUT2D eigenvalue weighted by Crippen LogP contribution is -2.39. The molecule has 0 spiro atoms. The zero-order valence-corrected chi connectivity index (χ0v) is 22.9. The number of carbonyl (C=O) groups is 1. The molecule has 0 saturated heterocycles. The summed E-state index contributed by atoms with van der Waals surface area (Å²) in [5.41, 5.74) is 1.60. The molecule has 0 bridgehead atoms. The van der Waals surface area contributed by atoms with E-state index in [9.17, 15) is 13.2 Å². The van der Waals surface area contributed by atoms with Crippen LogP contribution < -0.4 is 10.0 Å². The van der Waals surface area contributed by atoms with Crippen LogP contribution in [-0.4, -0.2) is 45.9 Å². The number of alkyl carbamates (subject to hydrolysis) is 1. The summed E-state index contributed by atoms with van der Waals surface area (Å²) in [6.45, 7) is 8.45. The lowest BCUT2D eigenvalue weighted by molar-refractivity contribution is 0.0525. The van der Waals surface area contributed by atoms with Gasteiger partial charge in [0.25, 0.3) is 0 Å². The summed E-state index contributed by atoms with van der Waals surface area (Å²) in [5.74, 6) is 0. The van der Waals surface area contributed by atoms with Crippen molar-refractivity contribution < 1.29 is 22.7 Å². The molecule has 0 aromatic heterocycles. The van der Waals surface area contributed by atoms with Crippen LogP contribution in [0.1, 0.15) is 44.7 Å². The Morgan fingerprint density at radius 2 is 1.62 bits per heavy atom. The first kappa shape index (κ1) is 28.6. The summed E-state index contributed by atoms with van der Waals surface area (Å²) in [4.78, 5) is 12.2. The molecule has 0 unspecified atom stereocenters. The molecule has 0 aliphatic heterocycles. The van der Waals surface area contributed by atoms with Crippen LogP contribution in [0.5, 0.6) is 0 Å². The minimum Gasteiger partial charge on any atom is -0.444 e. The number of aryl methyl sites for hydroxylation is 1. The van der Waals surface area contributed by atoms with Crippen molar-refractivity contribution in [2.75, 3.05) is 19.8 Å². The minimum absolute atomic E-state index is 0.224. The third-order valence-electron chi connectivity index (χ3n) is 5.81. The molecule has 1 atom stereocenters. The van der Waals surface area contributed by atoms with Crippen LogP contribution in [0.4, 0.5) is 4.79 Å². The van der Waals surface area contributed by atoms with Gasteiger partial charge in [0.2, 0.25) is 10.0 Å². The zero-order valence-electron chi connectivity index (χ0n) is 22.1. The monoisotopic (exact) mass is 526 g/mol. The van der Waals surface area contributed by atoms with Gasteiger partial charge in [0, 0.05) is 18.0 Å². The van der Waals surface area contributed by atoms with Crippen molar-refractivity contribution in [1.29, 1.82) is 0 Å². The van der Waals surface area contributed by atoms with E-state index in [1.54, 1.807) is 26.8 Å². The molecule has 3 aromatic carbocycles. The summed E-state index contributed by atoms with van der Waals surface area (Å²) >= 11 is 0. The van der Waals surface area contributed by atoms with Crippen molar-refractivity contribution >= 4 is 26.9 Å². The topological polar surface area (TPSA) is 93.7 Å². The maximum Gasteiger partial charge on any atom is 0.407 e. The van der Waals surface area contributed by atoms with Crippen LogP contribution in [0, 0.1) is 6.92 Å². The van der Waals surface area contributed by atoms with Crippen LogP contribution in [0.15, 0.2) is 71.6 Å². The smallest absolute Gasteiger partial charge is 0.407 e. The van der Waals surface area contributed by atoms with Crippen LogP contribution >= 0.6 is 0 Å². The predicted octanol–water partition coefficient (Wildman–Crippen LogP) is 5.36. The Labute approximate surface area is 220 Å². The first-order chi connectivity index (χ1) is 17.5. The van der Waals surface area contributed by atoms with E-state index in [1.165, 1.54) is 0 Å². The van der Waals surface area contributed by atoms with Gasteiger partial charge in [-0.15, -0.1) is 0 Å². The third kappa shape index (κ3) is 9.14. The maximum atomic E-state index is 13.5. The van der Waals surface area contributed by atoms with E-state index in [-0.39, 0.29) is 11.5 Å². The van der Waals surface area contributed by atoms with E-state index in [1.807, 2.05) is 67.6 Å². The Bertz CT molecular complexity index is 1270. The fraction of sp³-hybridized carbons (Fsp3) is 0.414. The quantitative estimate of drug-likeness (QED) is 0.310. The molecule has 3 rings (SSSR count). The molecule has 0 aliphatic rings. The molecular formula is C29H38N2O5S. The van der Waals surface area contributed by atoms with E-state index < -0.39 is 27.8 Å². The number of hydrogen-bond donors (Lipinski definition) is 2. The fourth-order valence-electron chi connectivity index (χ4n) is 4.03. The van der Waals surface area contributed by atoms with E-state index >= 15 is 0 Å².